The molecule has 3 N–H and O–H groups in total. The van der Waals surface area contributed by atoms with E-state index in [9.17, 15) is 9.59 Å². The molecule has 1 saturated carbocycles. The van der Waals surface area contributed by atoms with E-state index in [-0.39, 0.29) is 18.0 Å². The van der Waals surface area contributed by atoms with Gasteiger partial charge in [0.1, 0.15) is 0 Å². The van der Waals surface area contributed by atoms with E-state index < -0.39 is 0 Å². The van der Waals surface area contributed by atoms with E-state index in [0.29, 0.717) is 10.7 Å². The van der Waals surface area contributed by atoms with Crippen LogP contribution in [0.15, 0.2) is 30.3 Å². The molecule has 3 aromatic rings. The van der Waals surface area contributed by atoms with Gasteiger partial charge in [0.2, 0.25) is 0 Å². The van der Waals surface area contributed by atoms with Gasteiger partial charge in [0.25, 0.3) is 5.91 Å². The van der Waals surface area contributed by atoms with Gasteiger partial charge in [0, 0.05) is 17.3 Å². The summed E-state index contributed by atoms with van der Waals surface area (Å²) in [6.07, 6.45) is 4.40. The van der Waals surface area contributed by atoms with Gasteiger partial charge in [0.05, 0.1) is 10.2 Å². The van der Waals surface area contributed by atoms with Crippen LogP contribution in [0.25, 0.3) is 10.2 Å². The molecule has 1 heterocycles. The largest absolute Gasteiger partial charge is 0.335 e. The summed E-state index contributed by atoms with van der Waals surface area (Å²) < 4.78 is 0.858. The van der Waals surface area contributed by atoms with Crippen molar-refractivity contribution >= 4 is 44.3 Å². The lowest BCUT2D eigenvalue weighted by atomic mass is 10.0. The smallest absolute Gasteiger partial charge is 0.321 e. The van der Waals surface area contributed by atoms with Gasteiger partial charge >= 0.3 is 6.03 Å². The van der Waals surface area contributed by atoms with Crippen molar-refractivity contribution in [1.29, 1.82) is 0 Å². The number of fused-ring (bicyclic) bond motifs is 1. The molecule has 30 heavy (non-hydrogen) atoms. The van der Waals surface area contributed by atoms with Crippen LogP contribution in [0.2, 0.25) is 0 Å². The van der Waals surface area contributed by atoms with Crippen molar-refractivity contribution in [2.24, 2.45) is 0 Å². The highest BCUT2D eigenvalue weighted by atomic mass is 32.1. The number of nitrogens with one attached hydrogen (secondary N) is 3. The molecule has 6 nitrogen and oxygen atoms in total. The number of thiazole rings is 1. The minimum Gasteiger partial charge on any atom is -0.335 e. The SMILES string of the molecule is Cc1cc(C)c(NC(=O)c2ccc3nc(NC(=O)NC4CCCC4)sc3c2)c(C)c1. The molecule has 1 aliphatic carbocycles. The zero-order chi connectivity index (χ0) is 21.3. The molecule has 0 bridgehead atoms. The van der Waals surface area contributed by atoms with Crippen molar-refractivity contribution in [3.63, 3.8) is 0 Å². The number of aromatic nitrogens is 1. The Balaban J connectivity index is 1.48. The maximum atomic E-state index is 12.8. The van der Waals surface area contributed by atoms with Crippen molar-refractivity contribution < 1.29 is 9.59 Å². The van der Waals surface area contributed by atoms with Crippen molar-refractivity contribution in [2.45, 2.75) is 52.5 Å². The lowest BCUT2D eigenvalue weighted by molar-refractivity contribution is 0.102. The molecule has 0 atom stereocenters. The molecule has 0 spiro atoms. The minimum absolute atomic E-state index is 0.158. The van der Waals surface area contributed by atoms with Gasteiger partial charge in [-0.05, 0) is 62.9 Å². The zero-order valence-corrected chi connectivity index (χ0v) is 18.3. The lowest BCUT2D eigenvalue weighted by Crippen LogP contribution is -2.36. The first kappa shape index (κ1) is 20.3. The normalized spacial score (nSPS) is 14.1. The van der Waals surface area contributed by atoms with E-state index in [4.69, 9.17) is 0 Å². The van der Waals surface area contributed by atoms with E-state index in [1.54, 1.807) is 6.07 Å². The summed E-state index contributed by atoms with van der Waals surface area (Å²) in [5.74, 6) is -0.158. The second-order valence-corrected chi connectivity index (χ2v) is 9.04. The van der Waals surface area contributed by atoms with Gasteiger partial charge in [-0.1, -0.05) is 41.9 Å². The molecule has 0 saturated heterocycles. The van der Waals surface area contributed by atoms with Crippen LogP contribution in [-0.4, -0.2) is 23.0 Å². The Bertz CT molecular complexity index is 1090. The number of carbonyl (C=O) groups excluding carboxylic acids is 2. The molecule has 1 aromatic heterocycles. The van der Waals surface area contributed by atoms with Crippen LogP contribution in [0.4, 0.5) is 15.6 Å². The second-order valence-electron chi connectivity index (χ2n) is 8.01. The van der Waals surface area contributed by atoms with Crippen LogP contribution >= 0.6 is 11.3 Å². The molecule has 4 rings (SSSR count). The fourth-order valence-electron chi connectivity index (χ4n) is 4.07. The standard InChI is InChI=1S/C23H26N4O2S/c1-13-10-14(2)20(15(3)11-13)26-21(28)16-8-9-18-19(12-16)30-23(25-18)27-22(29)24-17-6-4-5-7-17/h8-12,17H,4-7H2,1-3H3,(H,26,28)(H2,24,25,27,29). The first-order valence-corrected chi connectivity index (χ1v) is 11.1. The zero-order valence-electron chi connectivity index (χ0n) is 17.5. The number of anilines is 2. The van der Waals surface area contributed by atoms with Crippen LogP contribution in [0.3, 0.4) is 0 Å². The van der Waals surface area contributed by atoms with E-state index in [2.05, 4.69) is 33.1 Å². The molecule has 1 aliphatic rings. The maximum absolute atomic E-state index is 12.8. The Kier molecular flexibility index (Phi) is 5.72. The minimum atomic E-state index is -0.218. The number of urea groups is 1. The fraction of sp³-hybridized carbons (Fsp3) is 0.348. The summed E-state index contributed by atoms with van der Waals surface area (Å²) in [6, 6.07) is 9.55. The van der Waals surface area contributed by atoms with Gasteiger partial charge in [-0.3, -0.25) is 10.1 Å². The molecule has 7 heteroatoms. The van der Waals surface area contributed by atoms with Crippen LogP contribution < -0.4 is 16.0 Å². The third kappa shape index (κ3) is 4.46. The molecule has 3 amide bonds. The number of aryl methyl sites for hydroxylation is 3. The van der Waals surface area contributed by atoms with Crippen LogP contribution in [0, 0.1) is 20.8 Å². The van der Waals surface area contributed by atoms with Crippen LogP contribution in [0.1, 0.15) is 52.7 Å². The number of amides is 3. The summed E-state index contributed by atoms with van der Waals surface area (Å²) in [5.41, 5.74) is 5.42. The van der Waals surface area contributed by atoms with Gasteiger partial charge < -0.3 is 10.6 Å². The molecule has 1 fully saturated rings. The number of nitrogens with zero attached hydrogens (tertiary/aromatic N) is 1. The van der Waals surface area contributed by atoms with Gasteiger partial charge in [-0.2, -0.15) is 0 Å². The molecular formula is C23H26N4O2S. The summed E-state index contributed by atoms with van der Waals surface area (Å²) in [4.78, 5) is 29.5. The fourth-order valence-corrected chi connectivity index (χ4v) is 4.97. The van der Waals surface area contributed by atoms with Crippen LogP contribution in [0.5, 0.6) is 0 Å². The average molecular weight is 423 g/mol. The summed E-state index contributed by atoms with van der Waals surface area (Å²) in [6.45, 7) is 6.04. The van der Waals surface area contributed by atoms with E-state index in [1.807, 2.05) is 32.9 Å². The Labute approximate surface area is 180 Å². The second kappa shape index (κ2) is 8.44. The summed E-state index contributed by atoms with van der Waals surface area (Å²) in [7, 11) is 0. The Hall–Kier alpha value is -2.93. The van der Waals surface area contributed by atoms with E-state index >= 15 is 0 Å². The quantitative estimate of drug-likeness (QED) is 0.516. The van der Waals surface area contributed by atoms with Gasteiger partial charge in [-0.25, -0.2) is 9.78 Å². The van der Waals surface area contributed by atoms with Crippen molar-refractivity contribution in [1.82, 2.24) is 10.3 Å². The molecular weight excluding hydrogens is 396 g/mol. The maximum Gasteiger partial charge on any atom is 0.321 e. The first-order valence-electron chi connectivity index (χ1n) is 10.3. The summed E-state index contributed by atoms with van der Waals surface area (Å²) in [5, 5.41) is 9.38. The molecule has 2 aromatic carbocycles. The van der Waals surface area contributed by atoms with E-state index in [0.717, 1.165) is 39.9 Å². The monoisotopic (exact) mass is 422 g/mol. The number of rotatable bonds is 4. The predicted octanol–water partition coefficient (Wildman–Crippen LogP) is 5.54. The number of benzene rings is 2. The topological polar surface area (TPSA) is 83.1 Å². The van der Waals surface area contributed by atoms with E-state index in [1.165, 1.54) is 29.7 Å². The lowest BCUT2D eigenvalue weighted by Gasteiger charge is -2.12. The van der Waals surface area contributed by atoms with Crippen molar-refractivity contribution in [3.05, 3.63) is 52.6 Å². The highest BCUT2D eigenvalue weighted by Crippen LogP contribution is 2.28. The molecule has 0 aliphatic heterocycles. The van der Waals surface area contributed by atoms with Crippen molar-refractivity contribution in [2.75, 3.05) is 10.6 Å². The average Bonchev–Trinajstić information content (AvgIpc) is 3.32. The Morgan fingerprint density at radius 2 is 1.70 bits per heavy atom. The molecule has 0 radical (unpaired) electrons. The number of carbonyl (C=O) groups is 2. The summed E-state index contributed by atoms with van der Waals surface area (Å²) >= 11 is 1.37. The predicted molar refractivity (Wildman–Crippen MR) is 123 cm³/mol. The highest BCUT2D eigenvalue weighted by molar-refractivity contribution is 7.22. The van der Waals surface area contributed by atoms with Crippen molar-refractivity contribution in [3.8, 4) is 0 Å². The Morgan fingerprint density at radius 3 is 2.40 bits per heavy atom. The molecule has 156 valence electrons. The van der Waals surface area contributed by atoms with Crippen LogP contribution in [-0.2, 0) is 0 Å². The van der Waals surface area contributed by atoms with Gasteiger partial charge in [-0.15, -0.1) is 0 Å². The number of hydrogen-bond donors (Lipinski definition) is 3. The number of hydrogen-bond acceptors (Lipinski definition) is 4. The third-order valence-corrected chi connectivity index (χ3v) is 6.41. The third-order valence-electron chi connectivity index (χ3n) is 5.48. The first-order chi connectivity index (χ1) is 14.4. The van der Waals surface area contributed by atoms with Gasteiger partial charge in [0.15, 0.2) is 5.13 Å². The highest BCUT2D eigenvalue weighted by Gasteiger charge is 2.18. The molecule has 0 unspecified atom stereocenters. The Morgan fingerprint density at radius 1 is 1.00 bits per heavy atom.